The summed E-state index contributed by atoms with van der Waals surface area (Å²) in [6, 6.07) is 8.88. The van der Waals surface area contributed by atoms with E-state index in [9.17, 15) is 4.79 Å². The topological polar surface area (TPSA) is 69.2 Å². The Morgan fingerprint density at radius 2 is 1.94 bits per heavy atom. The maximum Gasteiger partial charge on any atom is 0.222 e. The lowest BCUT2D eigenvalue weighted by Crippen LogP contribution is -2.49. The number of carbonyl (C=O) groups excluding carboxylic acids is 1. The van der Waals surface area contributed by atoms with Crippen molar-refractivity contribution in [1.82, 2.24) is 20.4 Å². The lowest BCUT2D eigenvalue weighted by atomic mass is 9.99. The van der Waals surface area contributed by atoms with Gasteiger partial charge in [-0.15, -0.1) is 0 Å². The van der Waals surface area contributed by atoms with E-state index in [0.29, 0.717) is 18.6 Å². The van der Waals surface area contributed by atoms with Crippen molar-refractivity contribution in [3.63, 3.8) is 0 Å². The predicted octanol–water partition coefficient (Wildman–Crippen LogP) is 2.41. The minimum Gasteiger partial charge on any atom is -0.377 e. The van der Waals surface area contributed by atoms with Crippen LogP contribution in [0.25, 0.3) is 0 Å². The van der Waals surface area contributed by atoms with Crippen LogP contribution in [0.15, 0.2) is 29.3 Å². The van der Waals surface area contributed by atoms with Gasteiger partial charge in [-0.3, -0.25) is 9.79 Å². The molecule has 1 aromatic rings. The zero-order valence-corrected chi connectivity index (χ0v) is 20.1. The molecule has 0 radical (unpaired) electrons. The van der Waals surface area contributed by atoms with Crippen molar-refractivity contribution in [1.29, 1.82) is 0 Å². The monoisotopic (exact) mass is 443 g/mol. The van der Waals surface area contributed by atoms with Crippen LogP contribution in [0.4, 0.5) is 0 Å². The molecule has 1 amide bonds. The number of guanidine groups is 1. The minimum absolute atomic E-state index is 0.248. The third-order valence-corrected chi connectivity index (χ3v) is 6.35. The number of rotatable bonds is 9. The summed E-state index contributed by atoms with van der Waals surface area (Å²) in [7, 11) is 1.81. The first-order valence-corrected chi connectivity index (χ1v) is 12.2. The Kier molecular flexibility index (Phi) is 9.81. The summed E-state index contributed by atoms with van der Waals surface area (Å²) in [5.41, 5.74) is 2.66. The van der Waals surface area contributed by atoms with Crippen LogP contribution in [0.5, 0.6) is 0 Å². The highest BCUT2D eigenvalue weighted by atomic mass is 16.5. The fourth-order valence-electron chi connectivity index (χ4n) is 4.42. The average Bonchev–Trinajstić information content (AvgIpc) is 2.81. The van der Waals surface area contributed by atoms with Crippen molar-refractivity contribution in [2.45, 2.75) is 64.6 Å². The number of hydrogen-bond donors (Lipinski definition) is 2. The van der Waals surface area contributed by atoms with Crippen molar-refractivity contribution >= 4 is 11.9 Å². The first-order valence-electron chi connectivity index (χ1n) is 12.2. The number of piperidine rings is 1. The number of benzene rings is 1. The Morgan fingerprint density at radius 1 is 1.19 bits per heavy atom. The molecule has 2 aliphatic rings. The summed E-state index contributed by atoms with van der Waals surface area (Å²) >= 11 is 0. The Hall–Kier alpha value is -2.12. The summed E-state index contributed by atoms with van der Waals surface area (Å²) in [6.07, 6.45) is 4.86. The molecule has 7 nitrogen and oxygen atoms in total. The number of likely N-dealkylation sites (tertiary alicyclic amines) is 1. The highest BCUT2D eigenvalue weighted by Crippen LogP contribution is 2.19. The van der Waals surface area contributed by atoms with Crippen LogP contribution >= 0.6 is 0 Å². The summed E-state index contributed by atoms with van der Waals surface area (Å²) < 4.78 is 5.67. The molecule has 0 unspecified atom stereocenters. The number of fused-ring (bicyclic) bond motifs is 1. The number of nitrogens with zero attached hydrogens (tertiary/aromatic N) is 3. The van der Waals surface area contributed by atoms with Gasteiger partial charge in [0.1, 0.15) is 0 Å². The molecule has 0 aliphatic carbocycles. The molecule has 0 spiro atoms. The number of carbonyl (C=O) groups is 1. The van der Waals surface area contributed by atoms with Crippen molar-refractivity contribution in [2.75, 3.05) is 46.4 Å². The number of ether oxygens (including phenoxy) is 1. The molecule has 0 atom stereocenters. The molecule has 0 bridgehead atoms. The van der Waals surface area contributed by atoms with E-state index in [0.717, 1.165) is 77.5 Å². The van der Waals surface area contributed by atoms with E-state index >= 15 is 0 Å². The van der Waals surface area contributed by atoms with Gasteiger partial charge in [-0.1, -0.05) is 24.3 Å². The molecular formula is C25H41N5O2. The first-order chi connectivity index (χ1) is 15.5. The summed E-state index contributed by atoms with van der Waals surface area (Å²) in [5, 5.41) is 6.93. The molecule has 32 heavy (non-hydrogen) atoms. The number of amides is 1. The van der Waals surface area contributed by atoms with Gasteiger partial charge in [-0.25, -0.2) is 0 Å². The average molecular weight is 444 g/mol. The molecule has 2 aliphatic heterocycles. The summed E-state index contributed by atoms with van der Waals surface area (Å²) in [6.45, 7) is 10.5. The van der Waals surface area contributed by atoms with Crippen LogP contribution in [0.3, 0.4) is 0 Å². The van der Waals surface area contributed by atoms with Crippen LogP contribution in [0.1, 0.15) is 50.7 Å². The van der Waals surface area contributed by atoms with Gasteiger partial charge >= 0.3 is 0 Å². The molecule has 0 aromatic heterocycles. The van der Waals surface area contributed by atoms with Gasteiger partial charge in [0.05, 0.1) is 12.7 Å². The van der Waals surface area contributed by atoms with E-state index in [2.05, 4.69) is 58.6 Å². The van der Waals surface area contributed by atoms with Crippen LogP contribution in [0, 0.1) is 0 Å². The lowest BCUT2D eigenvalue weighted by molar-refractivity contribution is -0.132. The van der Waals surface area contributed by atoms with Crippen molar-refractivity contribution < 1.29 is 9.53 Å². The third kappa shape index (κ3) is 7.78. The maximum atomic E-state index is 12.6. The van der Waals surface area contributed by atoms with E-state index in [4.69, 9.17) is 4.74 Å². The Balaban J connectivity index is 1.29. The molecular weight excluding hydrogens is 402 g/mol. The van der Waals surface area contributed by atoms with Gasteiger partial charge in [0, 0.05) is 58.8 Å². The van der Waals surface area contributed by atoms with E-state index in [-0.39, 0.29) is 5.91 Å². The molecule has 1 aromatic carbocycles. The zero-order valence-electron chi connectivity index (χ0n) is 20.1. The number of aliphatic imine (C=N–C) groups is 1. The second-order valence-electron chi connectivity index (χ2n) is 9.12. The molecule has 0 saturated carbocycles. The normalized spacial score (nSPS) is 18.0. The van der Waals surface area contributed by atoms with Crippen LogP contribution in [-0.2, 0) is 22.5 Å². The number of nitrogens with one attached hydrogen (secondary N) is 2. The van der Waals surface area contributed by atoms with Gasteiger partial charge in [-0.2, -0.15) is 0 Å². The number of hydrogen-bond acceptors (Lipinski definition) is 4. The Morgan fingerprint density at radius 3 is 2.66 bits per heavy atom. The molecule has 2 heterocycles. The second kappa shape index (κ2) is 12.8. The Labute approximate surface area is 193 Å². The van der Waals surface area contributed by atoms with Crippen LogP contribution in [0.2, 0.25) is 0 Å². The summed E-state index contributed by atoms with van der Waals surface area (Å²) in [5.74, 6) is 1.09. The van der Waals surface area contributed by atoms with Gasteiger partial charge < -0.3 is 25.2 Å². The predicted molar refractivity (Wildman–Crippen MR) is 130 cm³/mol. The summed E-state index contributed by atoms with van der Waals surface area (Å²) in [4.78, 5) is 21.5. The molecule has 1 saturated heterocycles. The third-order valence-electron chi connectivity index (χ3n) is 6.35. The van der Waals surface area contributed by atoms with Crippen LogP contribution in [-0.4, -0.2) is 80.2 Å². The van der Waals surface area contributed by atoms with E-state index < -0.39 is 0 Å². The lowest BCUT2D eigenvalue weighted by Gasteiger charge is -2.33. The smallest absolute Gasteiger partial charge is 0.222 e. The first kappa shape index (κ1) is 24.5. The largest absolute Gasteiger partial charge is 0.377 e. The van der Waals surface area contributed by atoms with Crippen molar-refractivity contribution in [3.05, 3.63) is 35.4 Å². The van der Waals surface area contributed by atoms with Crippen LogP contribution < -0.4 is 10.6 Å². The second-order valence-corrected chi connectivity index (χ2v) is 9.12. The highest BCUT2D eigenvalue weighted by Gasteiger charge is 2.21. The van der Waals surface area contributed by atoms with E-state index in [1.54, 1.807) is 0 Å². The maximum absolute atomic E-state index is 12.6. The van der Waals surface area contributed by atoms with Gasteiger partial charge in [-0.05, 0) is 50.7 Å². The fraction of sp³-hybridized carbons (Fsp3) is 0.680. The molecule has 3 rings (SSSR count). The molecule has 2 N–H and O–H groups in total. The zero-order chi connectivity index (χ0) is 22.8. The van der Waals surface area contributed by atoms with Gasteiger partial charge in [0.15, 0.2) is 5.96 Å². The standard InChI is InChI=1S/C25H41N5O2/c1-20(2)32-18-17-29-14-11-23(12-15-29)28-25(26-3)27-13-6-9-24(31)30-16-10-21-7-4-5-8-22(21)19-30/h4-5,7-8,20,23H,6,9-19H2,1-3H3,(H2,26,27,28). The molecule has 178 valence electrons. The van der Waals surface area contributed by atoms with Crippen molar-refractivity contribution in [2.24, 2.45) is 4.99 Å². The highest BCUT2D eigenvalue weighted by molar-refractivity contribution is 5.80. The minimum atomic E-state index is 0.248. The van der Waals surface area contributed by atoms with E-state index in [1.165, 1.54) is 11.1 Å². The van der Waals surface area contributed by atoms with Gasteiger partial charge in [0.25, 0.3) is 0 Å². The Bertz CT molecular complexity index is 744. The quantitative estimate of drug-likeness (QED) is 0.349. The van der Waals surface area contributed by atoms with Crippen molar-refractivity contribution in [3.8, 4) is 0 Å². The SMILES string of the molecule is CN=C(NCCCC(=O)N1CCc2ccccc2C1)NC1CCN(CCOC(C)C)CC1. The molecule has 7 heteroatoms. The van der Waals surface area contributed by atoms with Gasteiger partial charge in [0.2, 0.25) is 5.91 Å². The fourth-order valence-corrected chi connectivity index (χ4v) is 4.42. The van der Waals surface area contributed by atoms with E-state index in [1.807, 2.05) is 11.9 Å². The molecule has 1 fully saturated rings.